The Morgan fingerprint density at radius 1 is 1.04 bits per heavy atom. The third-order valence-corrected chi connectivity index (χ3v) is 5.29. The fourth-order valence-electron chi connectivity index (χ4n) is 2.94. The summed E-state index contributed by atoms with van der Waals surface area (Å²) in [5.41, 5.74) is 4.19. The van der Waals surface area contributed by atoms with Crippen LogP contribution in [0, 0.1) is 20.8 Å². The third kappa shape index (κ3) is 4.43. The highest BCUT2D eigenvalue weighted by molar-refractivity contribution is 7.13. The Bertz CT molecular complexity index is 682. The van der Waals surface area contributed by atoms with Crippen molar-refractivity contribution in [3.63, 3.8) is 0 Å². The van der Waals surface area contributed by atoms with Crippen LogP contribution < -0.4 is 0 Å². The molecule has 1 aromatic carbocycles. The summed E-state index contributed by atoms with van der Waals surface area (Å²) in [6, 6.07) is 11.0. The Morgan fingerprint density at radius 2 is 1.83 bits per heavy atom. The molecule has 0 radical (unpaired) electrons. The number of hydrogen-bond donors (Lipinski definition) is 0. The molecule has 0 saturated carbocycles. The summed E-state index contributed by atoms with van der Waals surface area (Å²) in [5.74, 6) is 0. The van der Waals surface area contributed by atoms with Gasteiger partial charge in [0.1, 0.15) is 0 Å². The van der Waals surface area contributed by atoms with Gasteiger partial charge in [0.05, 0.1) is 6.21 Å². The van der Waals surface area contributed by atoms with Gasteiger partial charge in [0.15, 0.2) is 0 Å². The minimum Gasteiger partial charge on any atom is -0.295 e. The quantitative estimate of drug-likeness (QED) is 0.795. The summed E-state index contributed by atoms with van der Waals surface area (Å²) >= 11 is 1.79. The first kappa shape index (κ1) is 16.2. The highest BCUT2D eigenvalue weighted by Crippen LogP contribution is 2.15. The van der Waals surface area contributed by atoms with E-state index in [9.17, 15) is 0 Å². The lowest BCUT2D eigenvalue weighted by Gasteiger charge is -2.33. The van der Waals surface area contributed by atoms with Gasteiger partial charge in [-0.05, 0) is 44.0 Å². The van der Waals surface area contributed by atoms with E-state index >= 15 is 0 Å². The van der Waals surface area contributed by atoms with Crippen LogP contribution in [-0.2, 0) is 6.54 Å². The van der Waals surface area contributed by atoms with E-state index in [0.29, 0.717) is 0 Å². The molecule has 1 saturated heterocycles. The Morgan fingerprint density at radius 3 is 2.48 bits per heavy atom. The SMILES string of the molecule is Cc1ccc(CN2CCN(/N=C/c3ccc(C)s3)CC2)c(C)c1. The number of aryl methyl sites for hydroxylation is 3. The molecule has 0 N–H and O–H groups in total. The second-order valence-electron chi connectivity index (χ2n) is 6.35. The first-order valence-electron chi connectivity index (χ1n) is 8.24. The highest BCUT2D eigenvalue weighted by atomic mass is 32.1. The zero-order valence-corrected chi connectivity index (χ0v) is 15.1. The molecule has 1 fully saturated rings. The van der Waals surface area contributed by atoms with E-state index in [-0.39, 0.29) is 0 Å². The molecule has 3 rings (SSSR count). The van der Waals surface area contributed by atoms with Gasteiger partial charge in [-0.15, -0.1) is 11.3 Å². The van der Waals surface area contributed by atoms with Crippen molar-refractivity contribution in [3.8, 4) is 0 Å². The fourth-order valence-corrected chi connectivity index (χ4v) is 3.68. The maximum absolute atomic E-state index is 4.63. The van der Waals surface area contributed by atoms with E-state index in [0.717, 1.165) is 32.7 Å². The first-order valence-corrected chi connectivity index (χ1v) is 9.06. The van der Waals surface area contributed by atoms with E-state index < -0.39 is 0 Å². The van der Waals surface area contributed by atoms with Crippen LogP contribution in [0.15, 0.2) is 35.4 Å². The molecule has 0 aliphatic carbocycles. The monoisotopic (exact) mass is 327 g/mol. The Kier molecular flexibility index (Phi) is 5.13. The molecule has 0 unspecified atom stereocenters. The molecular formula is C19H25N3S. The van der Waals surface area contributed by atoms with Crippen LogP contribution in [0.1, 0.15) is 26.4 Å². The predicted octanol–water partition coefficient (Wildman–Crippen LogP) is 3.83. The normalized spacial score (nSPS) is 16.4. The third-order valence-electron chi connectivity index (χ3n) is 4.35. The van der Waals surface area contributed by atoms with E-state index in [1.807, 2.05) is 6.21 Å². The van der Waals surface area contributed by atoms with Crippen molar-refractivity contribution >= 4 is 17.6 Å². The Labute approximate surface area is 143 Å². The number of thiophene rings is 1. The summed E-state index contributed by atoms with van der Waals surface area (Å²) in [5, 5.41) is 6.82. The summed E-state index contributed by atoms with van der Waals surface area (Å²) in [6.45, 7) is 11.7. The number of hydrogen-bond acceptors (Lipinski definition) is 4. The van der Waals surface area contributed by atoms with E-state index in [1.54, 1.807) is 11.3 Å². The lowest BCUT2D eigenvalue weighted by molar-refractivity contribution is 0.131. The fraction of sp³-hybridized carbons (Fsp3) is 0.421. The Hall–Kier alpha value is -1.65. The number of nitrogens with zero attached hydrogens (tertiary/aromatic N) is 3. The van der Waals surface area contributed by atoms with Gasteiger partial charge in [0, 0.05) is 42.5 Å². The van der Waals surface area contributed by atoms with Gasteiger partial charge in [-0.25, -0.2) is 0 Å². The van der Waals surface area contributed by atoms with Crippen molar-refractivity contribution in [2.45, 2.75) is 27.3 Å². The van der Waals surface area contributed by atoms with Crippen LogP contribution in [-0.4, -0.2) is 42.3 Å². The van der Waals surface area contributed by atoms with Gasteiger partial charge in [0.2, 0.25) is 0 Å². The van der Waals surface area contributed by atoms with E-state index in [1.165, 1.54) is 26.4 Å². The van der Waals surface area contributed by atoms with Crippen molar-refractivity contribution in [2.75, 3.05) is 26.2 Å². The van der Waals surface area contributed by atoms with Crippen molar-refractivity contribution in [3.05, 3.63) is 56.8 Å². The predicted molar refractivity (Wildman–Crippen MR) is 99.4 cm³/mol. The van der Waals surface area contributed by atoms with Crippen LogP contribution in [0.4, 0.5) is 0 Å². The van der Waals surface area contributed by atoms with Gasteiger partial charge in [-0.2, -0.15) is 5.10 Å². The molecule has 1 aliphatic heterocycles. The molecule has 2 aromatic rings. The largest absolute Gasteiger partial charge is 0.295 e. The van der Waals surface area contributed by atoms with Gasteiger partial charge < -0.3 is 0 Å². The molecule has 0 bridgehead atoms. The zero-order chi connectivity index (χ0) is 16.2. The number of hydrazone groups is 1. The molecule has 1 aliphatic rings. The molecule has 4 heteroatoms. The average Bonchev–Trinajstić information content (AvgIpc) is 2.95. The van der Waals surface area contributed by atoms with Gasteiger partial charge >= 0.3 is 0 Å². The van der Waals surface area contributed by atoms with Crippen LogP contribution in [0.2, 0.25) is 0 Å². The lowest BCUT2D eigenvalue weighted by Crippen LogP contribution is -2.43. The Balaban J connectivity index is 1.51. The van der Waals surface area contributed by atoms with Crippen molar-refractivity contribution in [1.29, 1.82) is 0 Å². The molecule has 23 heavy (non-hydrogen) atoms. The highest BCUT2D eigenvalue weighted by Gasteiger charge is 2.16. The molecule has 122 valence electrons. The lowest BCUT2D eigenvalue weighted by atomic mass is 10.1. The van der Waals surface area contributed by atoms with Gasteiger partial charge in [-0.1, -0.05) is 23.8 Å². The number of piperazine rings is 1. The molecule has 3 nitrogen and oxygen atoms in total. The number of benzene rings is 1. The summed E-state index contributed by atoms with van der Waals surface area (Å²) < 4.78 is 0. The molecular weight excluding hydrogens is 302 g/mol. The summed E-state index contributed by atoms with van der Waals surface area (Å²) in [6.07, 6.45) is 2.00. The maximum atomic E-state index is 4.63. The zero-order valence-electron chi connectivity index (χ0n) is 14.2. The van der Waals surface area contributed by atoms with E-state index in [4.69, 9.17) is 0 Å². The van der Waals surface area contributed by atoms with Crippen LogP contribution in [0.5, 0.6) is 0 Å². The second kappa shape index (κ2) is 7.28. The van der Waals surface area contributed by atoms with Crippen LogP contribution in [0.3, 0.4) is 0 Å². The van der Waals surface area contributed by atoms with Crippen molar-refractivity contribution in [1.82, 2.24) is 9.91 Å². The standard InChI is InChI=1S/C19H25N3S/c1-15-4-6-18(16(2)12-15)14-21-8-10-22(11-9-21)20-13-19-7-5-17(3)23-19/h4-7,12-13H,8-11,14H2,1-3H3/b20-13+. The van der Waals surface area contributed by atoms with Crippen LogP contribution >= 0.6 is 11.3 Å². The van der Waals surface area contributed by atoms with E-state index in [2.05, 4.69) is 66.1 Å². The smallest absolute Gasteiger partial charge is 0.0642 e. The molecule has 0 spiro atoms. The first-order chi connectivity index (χ1) is 11.1. The minimum absolute atomic E-state index is 1.01. The van der Waals surface area contributed by atoms with Gasteiger partial charge in [-0.3, -0.25) is 9.91 Å². The summed E-state index contributed by atoms with van der Waals surface area (Å²) in [7, 11) is 0. The second-order valence-corrected chi connectivity index (χ2v) is 7.67. The molecule has 2 heterocycles. The molecule has 1 aromatic heterocycles. The van der Waals surface area contributed by atoms with Crippen molar-refractivity contribution in [2.24, 2.45) is 5.10 Å². The summed E-state index contributed by atoms with van der Waals surface area (Å²) in [4.78, 5) is 5.10. The topological polar surface area (TPSA) is 18.8 Å². The van der Waals surface area contributed by atoms with Gasteiger partial charge in [0.25, 0.3) is 0 Å². The van der Waals surface area contributed by atoms with Crippen molar-refractivity contribution < 1.29 is 0 Å². The maximum Gasteiger partial charge on any atom is 0.0642 e. The average molecular weight is 327 g/mol. The molecule has 0 atom stereocenters. The number of rotatable bonds is 4. The van der Waals surface area contributed by atoms with Crippen LogP contribution in [0.25, 0.3) is 0 Å². The molecule has 0 amide bonds. The minimum atomic E-state index is 1.01.